The van der Waals surface area contributed by atoms with Crippen molar-refractivity contribution in [2.75, 3.05) is 13.2 Å². The van der Waals surface area contributed by atoms with Crippen LogP contribution in [-0.4, -0.2) is 41.9 Å². The molecule has 0 spiro atoms. The molecule has 0 aliphatic carbocycles. The van der Waals surface area contributed by atoms with Gasteiger partial charge in [-0.15, -0.1) is 0 Å². The third-order valence-electron chi connectivity index (χ3n) is 4.12. The summed E-state index contributed by atoms with van der Waals surface area (Å²) >= 11 is 0. The first-order valence-corrected chi connectivity index (χ1v) is 8.23. The predicted octanol–water partition coefficient (Wildman–Crippen LogP) is 1.29. The van der Waals surface area contributed by atoms with Crippen molar-refractivity contribution in [3.63, 3.8) is 0 Å². The van der Waals surface area contributed by atoms with E-state index >= 15 is 0 Å². The molecule has 2 atom stereocenters. The molecule has 1 saturated heterocycles. The zero-order valence-electron chi connectivity index (χ0n) is 14.0. The van der Waals surface area contributed by atoms with Crippen LogP contribution in [-0.2, 0) is 9.59 Å². The predicted molar refractivity (Wildman–Crippen MR) is 93.2 cm³/mol. The second kappa shape index (κ2) is 8.49. The van der Waals surface area contributed by atoms with Gasteiger partial charge in [0.15, 0.2) is 6.61 Å². The van der Waals surface area contributed by atoms with Gasteiger partial charge in [0.2, 0.25) is 5.91 Å². The molecule has 6 nitrogen and oxygen atoms in total. The molecule has 1 fully saturated rings. The Hall–Kier alpha value is -2.34. The van der Waals surface area contributed by atoms with Crippen LogP contribution in [0, 0.1) is 0 Å². The molecule has 4 N–H and O–H groups in total. The van der Waals surface area contributed by atoms with E-state index in [0.717, 1.165) is 31.4 Å². The Morgan fingerprint density at radius 2 is 2.04 bits per heavy atom. The lowest BCUT2D eigenvalue weighted by Gasteiger charge is -2.37. The Labute approximate surface area is 142 Å². The monoisotopic (exact) mass is 331 g/mol. The van der Waals surface area contributed by atoms with E-state index in [0.29, 0.717) is 5.75 Å². The van der Waals surface area contributed by atoms with Crippen molar-refractivity contribution in [2.45, 2.75) is 38.3 Å². The lowest BCUT2D eigenvalue weighted by atomic mass is 9.97. The number of rotatable bonds is 6. The SMILES string of the molecule is CC(N)C1CCCCN1C(=O)/C=C/c1ccc(OCC(N)=O)cc1. The first kappa shape index (κ1) is 18.0. The van der Waals surface area contributed by atoms with Gasteiger partial charge in [0, 0.05) is 24.7 Å². The molecule has 24 heavy (non-hydrogen) atoms. The summed E-state index contributed by atoms with van der Waals surface area (Å²) in [6, 6.07) is 7.20. The van der Waals surface area contributed by atoms with Crippen molar-refractivity contribution in [1.82, 2.24) is 4.90 Å². The summed E-state index contributed by atoms with van der Waals surface area (Å²) in [5.74, 6) is 0.0335. The van der Waals surface area contributed by atoms with E-state index < -0.39 is 5.91 Å². The first-order chi connectivity index (χ1) is 11.5. The van der Waals surface area contributed by atoms with Crippen LogP contribution >= 0.6 is 0 Å². The van der Waals surface area contributed by atoms with Crippen LogP contribution < -0.4 is 16.2 Å². The molecule has 130 valence electrons. The standard InChI is InChI=1S/C18H25N3O3/c1-13(19)16-4-2-3-11-21(16)18(23)10-7-14-5-8-15(9-6-14)24-12-17(20)22/h5-10,13,16H,2-4,11-12,19H2,1H3,(H2,20,22)/b10-7+. The number of amides is 2. The minimum absolute atomic E-state index is 0.00828. The third kappa shape index (κ3) is 5.09. The molecule has 1 heterocycles. The maximum absolute atomic E-state index is 12.4. The summed E-state index contributed by atoms with van der Waals surface area (Å²) in [6.07, 6.45) is 6.46. The van der Waals surface area contributed by atoms with Crippen LogP contribution in [0.4, 0.5) is 0 Å². The zero-order valence-corrected chi connectivity index (χ0v) is 14.0. The number of carbonyl (C=O) groups excluding carboxylic acids is 2. The van der Waals surface area contributed by atoms with Gasteiger partial charge in [0.1, 0.15) is 5.75 Å². The van der Waals surface area contributed by atoms with Crippen molar-refractivity contribution >= 4 is 17.9 Å². The Kier molecular flexibility index (Phi) is 6.37. The van der Waals surface area contributed by atoms with Crippen LogP contribution in [0.25, 0.3) is 6.08 Å². The molecular weight excluding hydrogens is 306 g/mol. The van der Waals surface area contributed by atoms with Gasteiger partial charge in [-0.1, -0.05) is 12.1 Å². The minimum Gasteiger partial charge on any atom is -0.484 e. The number of nitrogens with two attached hydrogens (primary N) is 2. The number of ether oxygens (including phenoxy) is 1. The van der Waals surface area contributed by atoms with Gasteiger partial charge < -0.3 is 21.1 Å². The zero-order chi connectivity index (χ0) is 17.5. The van der Waals surface area contributed by atoms with Gasteiger partial charge in [0.25, 0.3) is 5.91 Å². The molecule has 2 unspecified atom stereocenters. The number of hydrogen-bond donors (Lipinski definition) is 2. The summed E-state index contributed by atoms with van der Waals surface area (Å²) in [6.45, 7) is 2.56. The molecule has 2 amide bonds. The van der Waals surface area contributed by atoms with Crippen molar-refractivity contribution < 1.29 is 14.3 Å². The van der Waals surface area contributed by atoms with E-state index in [1.54, 1.807) is 24.3 Å². The van der Waals surface area contributed by atoms with Crippen LogP contribution in [0.15, 0.2) is 30.3 Å². The Bertz CT molecular complexity index is 596. The smallest absolute Gasteiger partial charge is 0.255 e. The largest absolute Gasteiger partial charge is 0.484 e. The number of carbonyl (C=O) groups is 2. The highest BCUT2D eigenvalue weighted by Gasteiger charge is 2.27. The average molecular weight is 331 g/mol. The summed E-state index contributed by atoms with van der Waals surface area (Å²) < 4.78 is 5.20. The van der Waals surface area contributed by atoms with Gasteiger partial charge in [-0.05, 0) is 50.0 Å². The van der Waals surface area contributed by atoms with Crippen LogP contribution in [0.5, 0.6) is 5.75 Å². The molecule has 1 aromatic carbocycles. The molecule has 2 rings (SSSR count). The highest BCUT2D eigenvalue weighted by atomic mass is 16.5. The molecule has 0 saturated carbocycles. The highest BCUT2D eigenvalue weighted by Crippen LogP contribution is 2.20. The van der Waals surface area contributed by atoms with Crippen molar-refractivity contribution in [1.29, 1.82) is 0 Å². The number of benzene rings is 1. The van der Waals surface area contributed by atoms with Crippen LogP contribution in [0.2, 0.25) is 0 Å². The van der Waals surface area contributed by atoms with Crippen molar-refractivity contribution in [3.8, 4) is 5.75 Å². The van der Waals surface area contributed by atoms with Crippen LogP contribution in [0.1, 0.15) is 31.7 Å². The molecule has 1 aliphatic heterocycles. The van der Waals surface area contributed by atoms with E-state index in [1.807, 2.05) is 24.0 Å². The average Bonchev–Trinajstić information content (AvgIpc) is 2.58. The first-order valence-electron chi connectivity index (χ1n) is 8.23. The molecule has 0 aromatic heterocycles. The second-order valence-corrected chi connectivity index (χ2v) is 6.11. The minimum atomic E-state index is -0.519. The van der Waals surface area contributed by atoms with E-state index in [4.69, 9.17) is 16.2 Å². The molecule has 1 aliphatic rings. The Balaban J connectivity index is 1.96. The normalized spacial score (nSPS) is 19.2. The Morgan fingerprint density at radius 3 is 2.67 bits per heavy atom. The summed E-state index contributed by atoms with van der Waals surface area (Å²) in [5.41, 5.74) is 11.9. The maximum Gasteiger partial charge on any atom is 0.255 e. The third-order valence-corrected chi connectivity index (χ3v) is 4.12. The Morgan fingerprint density at radius 1 is 1.33 bits per heavy atom. The molecule has 1 aromatic rings. The number of likely N-dealkylation sites (tertiary alicyclic amines) is 1. The number of piperidine rings is 1. The molecule has 0 radical (unpaired) electrons. The summed E-state index contributed by atoms with van der Waals surface area (Å²) in [5, 5.41) is 0. The van der Waals surface area contributed by atoms with E-state index in [9.17, 15) is 9.59 Å². The van der Waals surface area contributed by atoms with Gasteiger partial charge >= 0.3 is 0 Å². The topological polar surface area (TPSA) is 98.7 Å². The fourth-order valence-corrected chi connectivity index (χ4v) is 2.87. The van der Waals surface area contributed by atoms with Gasteiger partial charge in [-0.2, -0.15) is 0 Å². The van der Waals surface area contributed by atoms with E-state index in [1.165, 1.54) is 0 Å². The maximum atomic E-state index is 12.4. The van der Waals surface area contributed by atoms with Crippen molar-refractivity contribution in [3.05, 3.63) is 35.9 Å². The number of hydrogen-bond acceptors (Lipinski definition) is 4. The van der Waals surface area contributed by atoms with Crippen LogP contribution in [0.3, 0.4) is 0 Å². The summed E-state index contributed by atoms with van der Waals surface area (Å²) in [7, 11) is 0. The fraction of sp³-hybridized carbons (Fsp3) is 0.444. The van der Waals surface area contributed by atoms with E-state index in [2.05, 4.69) is 0 Å². The quantitative estimate of drug-likeness (QED) is 0.767. The van der Waals surface area contributed by atoms with Gasteiger partial charge in [-0.25, -0.2) is 0 Å². The van der Waals surface area contributed by atoms with E-state index in [-0.39, 0.29) is 24.6 Å². The fourth-order valence-electron chi connectivity index (χ4n) is 2.87. The molecular formula is C18H25N3O3. The highest BCUT2D eigenvalue weighted by molar-refractivity contribution is 5.92. The second-order valence-electron chi connectivity index (χ2n) is 6.11. The lowest BCUT2D eigenvalue weighted by Crippen LogP contribution is -2.51. The number of nitrogens with zero attached hydrogens (tertiary/aromatic N) is 1. The lowest BCUT2D eigenvalue weighted by molar-refractivity contribution is -0.130. The van der Waals surface area contributed by atoms with Gasteiger partial charge in [-0.3, -0.25) is 9.59 Å². The summed E-state index contributed by atoms with van der Waals surface area (Å²) in [4.78, 5) is 25.0. The number of primary amides is 1. The van der Waals surface area contributed by atoms with Gasteiger partial charge in [0.05, 0.1) is 0 Å². The van der Waals surface area contributed by atoms with Crippen molar-refractivity contribution in [2.24, 2.45) is 11.5 Å². The molecule has 0 bridgehead atoms. The molecule has 6 heteroatoms.